The maximum Gasteiger partial charge on any atom is 0.168 e. The smallest absolute Gasteiger partial charge is 0.168 e. The lowest BCUT2D eigenvalue weighted by molar-refractivity contribution is 0.311. The summed E-state index contributed by atoms with van der Waals surface area (Å²) in [6, 6.07) is 12.0. The molecule has 0 unspecified atom stereocenters. The Morgan fingerprint density at radius 2 is 1.95 bits per heavy atom. The molecule has 2 aromatic heterocycles. The Morgan fingerprint density at radius 3 is 2.70 bits per heavy atom. The van der Waals surface area contributed by atoms with Crippen LogP contribution in [0.25, 0.3) is 17.0 Å². The van der Waals surface area contributed by atoms with Crippen LogP contribution in [0.5, 0.6) is 0 Å². The Labute approximate surface area is 116 Å². The van der Waals surface area contributed by atoms with Crippen LogP contribution in [0.4, 0.5) is 5.69 Å². The molecule has 2 heterocycles. The quantitative estimate of drug-likeness (QED) is 0.760. The molecule has 102 valence electrons. The minimum atomic E-state index is 0.121. The second-order valence-electron chi connectivity index (χ2n) is 4.68. The minimum absolute atomic E-state index is 0.121. The summed E-state index contributed by atoms with van der Waals surface area (Å²) in [5.74, 6) is 0.828. The monoisotopic (exact) mass is 268 g/mol. The van der Waals surface area contributed by atoms with Gasteiger partial charge in [0.2, 0.25) is 0 Å². The van der Waals surface area contributed by atoms with Crippen molar-refractivity contribution in [3.63, 3.8) is 0 Å². The Balaban J connectivity index is 1.94. The fraction of sp³-hybridized carbons (Fsp3) is 0.200. The van der Waals surface area contributed by atoms with E-state index in [1.807, 2.05) is 53.9 Å². The molecule has 5 heteroatoms. The average molecular weight is 268 g/mol. The number of hydrogen-bond acceptors (Lipinski definition) is 4. The third-order valence-corrected chi connectivity index (χ3v) is 3.15. The van der Waals surface area contributed by atoms with E-state index in [4.69, 9.17) is 5.11 Å². The highest BCUT2D eigenvalue weighted by atomic mass is 16.3. The molecule has 0 bridgehead atoms. The van der Waals surface area contributed by atoms with E-state index >= 15 is 0 Å². The van der Waals surface area contributed by atoms with Crippen molar-refractivity contribution in [2.45, 2.75) is 6.92 Å². The van der Waals surface area contributed by atoms with Gasteiger partial charge in [-0.25, -0.2) is 0 Å². The number of anilines is 1. The number of aliphatic hydroxyl groups excluding tert-OH is 1. The number of rotatable bonds is 4. The number of nitrogens with one attached hydrogen (secondary N) is 1. The van der Waals surface area contributed by atoms with Crippen molar-refractivity contribution < 1.29 is 5.11 Å². The molecule has 3 rings (SSSR count). The zero-order valence-corrected chi connectivity index (χ0v) is 11.2. The van der Waals surface area contributed by atoms with E-state index in [1.54, 1.807) is 0 Å². The van der Waals surface area contributed by atoms with Gasteiger partial charge in [-0.05, 0) is 48.9 Å². The van der Waals surface area contributed by atoms with E-state index in [0.717, 1.165) is 22.7 Å². The van der Waals surface area contributed by atoms with Crippen molar-refractivity contribution in [3.05, 3.63) is 48.2 Å². The molecule has 0 aliphatic carbocycles. The van der Waals surface area contributed by atoms with Gasteiger partial charge in [0.25, 0.3) is 0 Å². The summed E-state index contributed by atoms with van der Waals surface area (Å²) < 4.78 is 1.98. The number of aliphatic hydroxyl groups is 1. The van der Waals surface area contributed by atoms with Crippen LogP contribution in [-0.2, 0) is 0 Å². The molecular formula is C15H16N4O. The van der Waals surface area contributed by atoms with Crippen molar-refractivity contribution in [1.82, 2.24) is 14.6 Å². The highest BCUT2D eigenvalue weighted by Crippen LogP contribution is 2.20. The summed E-state index contributed by atoms with van der Waals surface area (Å²) in [7, 11) is 0. The van der Waals surface area contributed by atoms with Gasteiger partial charge in [-0.3, -0.25) is 4.40 Å². The second-order valence-corrected chi connectivity index (χ2v) is 4.68. The number of benzene rings is 1. The summed E-state index contributed by atoms with van der Waals surface area (Å²) >= 11 is 0. The third-order valence-electron chi connectivity index (χ3n) is 3.15. The van der Waals surface area contributed by atoms with Crippen LogP contribution >= 0.6 is 0 Å². The topological polar surface area (TPSA) is 62.5 Å². The van der Waals surface area contributed by atoms with Gasteiger partial charge in [-0.15, -0.1) is 10.2 Å². The van der Waals surface area contributed by atoms with Crippen molar-refractivity contribution in [2.75, 3.05) is 18.5 Å². The summed E-state index contributed by atoms with van der Waals surface area (Å²) in [6.45, 7) is 2.71. The van der Waals surface area contributed by atoms with Gasteiger partial charge in [0.05, 0.1) is 6.61 Å². The van der Waals surface area contributed by atoms with Gasteiger partial charge in [0.15, 0.2) is 11.5 Å². The van der Waals surface area contributed by atoms with Gasteiger partial charge in [0.1, 0.15) is 0 Å². The number of pyridine rings is 1. The van der Waals surface area contributed by atoms with Crippen LogP contribution in [0.3, 0.4) is 0 Å². The molecule has 0 amide bonds. The highest BCUT2D eigenvalue weighted by molar-refractivity contribution is 5.62. The molecular weight excluding hydrogens is 252 g/mol. The molecule has 0 atom stereocenters. The SMILES string of the molecule is Cc1ccn2c(-c3ccc(NCCO)cc3)nnc2c1. The first-order chi connectivity index (χ1) is 9.78. The predicted octanol–water partition coefficient (Wildman–Crippen LogP) is 2.11. The molecule has 0 aliphatic rings. The lowest BCUT2D eigenvalue weighted by Gasteiger charge is -2.05. The molecule has 0 saturated heterocycles. The van der Waals surface area contributed by atoms with Gasteiger partial charge >= 0.3 is 0 Å². The fourth-order valence-electron chi connectivity index (χ4n) is 2.13. The van der Waals surface area contributed by atoms with Gasteiger partial charge < -0.3 is 10.4 Å². The Morgan fingerprint density at radius 1 is 1.15 bits per heavy atom. The van der Waals surface area contributed by atoms with E-state index in [0.29, 0.717) is 6.54 Å². The Bertz CT molecular complexity index is 718. The van der Waals surface area contributed by atoms with Gasteiger partial charge in [-0.1, -0.05) is 0 Å². The number of nitrogens with zero attached hydrogens (tertiary/aromatic N) is 3. The first-order valence-corrected chi connectivity index (χ1v) is 6.54. The van der Waals surface area contributed by atoms with Crippen molar-refractivity contribution in [2.24, 2.45) is 0 Å². The lowest BCUT2D eigenvalue weighted by atomic mass is 10.2. The second kappa shape index (κ2) is 5.30. The van der Waals surface area contributed by atoms with Crippen molar-refractivity contribution in [3.8, 4) is 11.4 Å². The van der Waals surface area contributed by atoms with Crippen LogP contribution in [0, 0.1) is 6.92 Å². The number of aromatic nitrogens is 3. The normalized spacial score (nSPS) is 10.9. The molecule has 0 saturated carbocycles. The molecule has 0 aliphatic heterocycles. The Kier molecular flexibility index (Phi) is 3.35. The molecule has 0 radical (unpaired) electrons. The van der Waals surface area contributed by atoms with Gasteiger partial charge in [0, 0.05) is 24.0 Å². The minimum Gasteiger partial charge on any atom is -0.395 e. The van der Waals surface area contributed by atoms with Crippen LogP contribution in [0.2, 0.25) is 0 Å². The van der Waals surface area contributed by atoms with Crippen molar-refractivity contribution in [1.29, 1.82) is 0 Å². The molecule has 5 nitrogen and oxygen atoms in total. The average Bonchev–Trinajstić information content (AvgIpc) is 2.88. The summed E-state index contributed by atoms with van der Waals surface area (Å²) in [5.41, 5.74) is 4.01. The molecule has 3 aromatic rings. The maximum atomic E-state index is 8.79. The highest BCUT2D eigenvalue weighted by Gasteiger charge is 2.07. The standard InChI is InChI=1S/C15H16N4O/c1-11-6-8-19-14(10-11)17-18-15(19)12-2-4-13(5-3-12)16-7-9-20/h2-6,8,10,16,20H,7,9H2,1H3. The summed E-state index contributed by atoms with van der Waals surface area (Å²) in [6.07, 6.45) is 1.98. The molecule has 0 fully saturated rings. The van der Waals surface area contributed by atoms with E-state index in [9.17, 15) is 0 Å². The molecule has 1 aromatic carbocycles. The fourth-order valence-corrected chi connectivity index (χ4v) is 2.13. The van der Waals surface area contributed by atoms with E-state index in [1.165, 1.54) is 5.56 Å². The number of hydrogen-bond donors (Lipinski definition) is 2. The Hall–Kier alpha value is -2.40. The first kappa shape index (κ1) is 12.6. The molecule has 20 heavy (non-hydrogen) atoms. The van der Waals surface area contributed by atoms with Crippen LogP contribution in [0.15, 0.2) is 42.6 Å². The molecule has 0 spiro atoms. The van der Waals surface area contributed by atoms with Gasteiger partial charge in [-0.2, -0.15) is 0 Å². The predicted molar refractivity (Wildman–Crippen MR) is 78.7 cm³/mol. The van der Waals surface area contributed by atoms with E-state index < -0.39 is 0 Å². The van der Waals surface area contributed by atoms with Crippen LogP contribution < -0.4 is 5.32 Å². The summed E-state index contributed by atoms with van der Waals surface area (Å²) in [5, 5.41) is 20.4. The van der Waals surface area contributed by atoms with E-state index in [2.05, 4.69) is 15.5 Å². The van der Waals surface area contributed by atoms with Crippen LogP contribution in [0.1, 0.15) is 5.56 Å². The van der Waals surface area contributed by atoms with Crippen LogP contribution in [-0.4, -0.2) is 32.9 Å². The zero-order valence-electron chi connectivity index (χ0n) is 11.2. The zero-order chi connectivity index (χ0) is 13.9. The lowest BCUT2D eigenvalue weighted by Crippen LogP contribution is -2.04. The molecule has 2 N–H and O–H groups in total. The number of aryl methyl sites for hydroxylation is 1. The first-order valence-electron chi connectivity index (χ1n) is 6.54. The number of fused-ring (bicyclic) bond motifs is 1. The third kappa shape index (κ3) is 2.35. The largest absolute Gasteiger partial charge is 0.395 e. The van der Waals surface area contributed by atoms with Crippen molar-refractivity contribution >= 4 is 11.3 Å². The van der Waals surface area contributed by atoms with E-state index in [-0.39, 0.29) is 6.61 Å². The summed E-state index contributed by atoms with van der Waals surface area (Å²) in [4.78, 5) is 0. The maximum absolute atomic E-state index is 8.79.